The maximum absolute atomic E-state index is 12.7. The largest absolute Gasteiger partial charge is 0.490 e. The van der Waals surface area contributed by atoms with Crippen LogP contribution in [0.2, 0.25) is 0 Å². The Kier molecular flexibility index (Phi) is 7.88. The number of hydrogen-bond donors (Lipinski definition) is 1. The zero-order valence-electron chi connectivity index (χ0n) is 19.4. The molecule has 0 aliphatic carbocycles. The molecular weight excluding hydrogens is 412 g/mol. The van der Waals surface area contributed by atoms with Crippen LogP contribution in [0, 0.1) is 32.1 Å². The van der Waals surface area contributed by atoms with Crippen molar-refractivity contribution in [1.29, 1.82) is 5.26 Å². The molecule has 0 heterocycles. The van der Waals surface area contributed by atoms with Crippen LogP contribution < -0.4 is 14.8 Å². The SMILES string of the molecule is CCOc1cc(/C=C(/C#N)C(=O)Nc2cc(C)ccc2C)ccc1OCc1ccc(C)cc1. The summed E-state index contributed by atoms with van der Waals surface area (Å²) in [6.07, 6.45) is 1.55. The van der Waals surface area contributed by atoms with Gasteiger partial charge in [0.1, 0.15) is 18.2 Å². The van der Waals surface area contributed by atoms with E-state index in [1.54, 1.807) is 24.3 Å². The molecule has 3 rings (SSSR count). The van der Waals surface area contributed by atoms with Crippen molar-refractivity contribution in [3.63, 3.8) is 0 Å². The van der Waals surface area contributed by atoms with Crippen molar-refractivity contribution in [2.75, 3.05) is 11.9 Å². The van der Waals surface area contributed by atoms with E-state index in [9.17, 15) is 10.1 Å². The third-order valence-electron chi connectivity index (χ3n) is 5.10. The summed E-state index contributed by atoms with van der Waals surface area (Å²) in [5, 5.41) is 12.4. The number of aryl methyl sites for hydroxylation is 3. The van der Waals surface area contributed by atoms with Gasteiger partial charge in [0.2, 0.25) is 0 Å². The summed E-state index contributed by atoms with van der Waals surface area (Å²) in [6, 6.07) is 21.3. The van der Waals surface area contributed by atoms with Crippen LogP contribution in [0.3, 0.4) is 0 Å². The van der Waals surface area contributed by atoms with Crippen molar-refractivity contribution in [3.8, 4) is 17.6 Å². The number of anilines is 1. The predicted octanol–water partition coefficient (Wildman–Crippen LogP) is 6.14. The smallest absolute Gasteiger partial charge is 0.266 e. The number of carbonyl (C=O) groups is 1. The van der Waals surface area contributed by atoms with Crippen molar-refractivity contribution in [2.45, 2.75) is 34.3 Å². The number of ether oxygens (including phenoxy) is 2. The number of hydrogen-bond acceptors (Lipinski definition) is 4. The molecule has 0 saturated carbocycles. The molecule has 0 aromatic heterocycles. The standard InChI is InChI=1S/C28H28N2O3/c1-5-32-27-16-23(12-13-26(27)33-18-22-10-7-19(2)8-11-22)15-24(17-29)28(31)30-25-14-20(3)6-9-21(25)4/h6-16H,5,18H2,1-4H3,(H,30,31)/b24-15-. The number of rotatable bonds is 8. The molecular formula is C28H28N2O3. The minimum atomic E-state index is -0.455. The first-order valence-corrected chi connectivity index (χ1v) is 10.8. The van der Waals surface area contributed by atoms with Crippen LogP contribution in [-0.4, -0.2) is 12.5 Å². The van der Waals surface area contributed by atoms with Gasteiger partial charge >= 0.3 is 0 Å². The van der Waals surface area contributed by atoms with Gasteiger partial charge in [-0.1, -0.05) is 48.0 Å². The van der Waals surface area contributed by atoms with Crippen molar-refractivity contribution in [3.05, 3.63) is 94.1 Å². The summed E-state index contributed by atoms with van der Waals surface area (Å²) < 4.78 is 11.7. The molecule has 168 valence electrons. The third-order valence-corrected chi connectivity index (χ3v) is 5.10. The van der Waals surface area contributed by atoms with Gasteiger partial charge in [-0.2, -0.15) is 5.26 Å². The van der Waals surface area contributed by atoms with E-state index in [0.29, 0.717) is 36.0 Å². The van der Waals surface area contributed by atoms with Crippen molar-refractivity contribution >= 4 is 17.7 Å². The first-order chi connectivity index (χ1) is 15.9. The van der Waals surface area contributed by atoms with Gasteiger partial charge in [-0.05, 0) is 74.2 Å². The first kappa shape index (κ1) is 23.6. The van der Waals surface area contributed by atoms with E-state index in [4.69, 9.17) is 9.47 Å². The molecule has 0 spiro atoms. The number of nitrogens with zero attached hydrogens (tertiary/aromatic N) is 1. The molecule has 0 unspecified atom stereocenters. The topological polar surface area (TPSA) is 71.3 Å². The molecule has 0 saturated heterocycles. The van der Waals surface area contributed by atoms with Crippen molar-refractivity contribution in [1.82, 2.24) is 0 Å². The molecule has 0 radical (unpaired) electrons. The van der Waals surface area contributed by atoms with Crippen LogP contribution in [0.4, 0.5) is 5.69 Å². The normalized spacial score (nSPS) is 10.9. The lowest BCUT2D eigenvalue weighted by Gasteiger charge is -2.13. The number of nitriles is 1. The quantitative estimate of drug-likeness (QED) is 0.338. The molecule has 3 aromatic rings. The summed E-state index contributed by atoms with van der Waals surface area (Å²) in [7, 11) is 0. The van der Waals surface area contributed by atoms with E-state index in [1.807, 2.05) is 76.2 Å². The number of amides is 1. The van der Waals surface area contributed by atoms with Crippen LogP contribution in [0.5, 0.6) is 11.5 Å². The summed E-state index contributed by atoms with van der Waals surface area (Å²) >= 11 is 0. The van der Waals surface area contributed by atoms with Gasteiger partial charge in [0, 0.05) is 5.69 Å². The van der Waals surface area contributed by atoms with Gasteiger partial charge in [0.05, 0.1) is 6.61 Å². The Morgan fingerprint density at radius 1 is 0.939 bits per heavy atom. The highest BCUT2D eigenvalue weighted by Gasteiger charge is 2.13. The lowest BCUT2D eigenvalue weighted by molar-refractivity contribution is -0.112. The van der Waals surface area contributed by atoms with E-state index in [-0.39, 0.29) is 5.57 Å². The Labute approximate surface area is 195 Å². The van der Waals surface area contributed by atoms with E-state index in [2.05, 4.69) is 5.32 Å². The lowest BCUT2D eigenvalue weighted by atomic mass is 10.1. The monoisotopic (exact) mass is 440 g/mol. The minimum absolute atomic E-state index is 0.00618. The molecule has 0 aliphatic heterocycles. The summed E-state index contributed by atoms with van der Waals surface area (Å²) in [5.74, 6) is 0.711. The van der Waals surface area contributed by atoms with Crippen LogP contribution >= 0.6 is 0 Å². The fourth-order valence-electron chi connectivity index (χ4n) is 3.22. The average Bonchev–Trinajstić information content (AvgIpc) is 2.80. The number of nitrogens with one attached hydrogen (secondary N) is 1. The second-order valence-corrected chi connectivity index (χ2v) is 7.86. The molecule has 1 amide bonds. The van der Waals surface area contributed by atoms with Gasteiger partial charge in [-0.15, -0.1) is 0 Å². The molecule has 0 aliphatic rings. The third kappa shape index (κ3) is 6.47. The highest BCUT2D eigenvalue weighted by molar-refractivity contribution is 6.10. The van der Waals surface area contributed by atoms with E-state index >= 15 is 0 Å². The Hall–Kier alpha value is -4.04. The minimum Gasteiger partial charge on any atom is -0.490 e. The van der Waals surface area contributed by atoms with Crippen molar-refractivity contribution < 1.29 is 14.3 Å². The fourth-order valence-corrected chi connectivity index (χ4v) is 3.22. The molecule has 1 N–H and O–H groups in total. The molecule has 33 heavy (non-hydrogen) atoms. The van der Waals surface area contributed by atoms with E-state index in [1.165, 1.54) is 5.56 Å². The Morgan fingerprint density at radius 2 is 1.67 bits per heavy atom. The first-order valence-electron chi connectivity index (χ1n) is 10.8. The zero-order chi connectivity index (χ0) is 23.8. The maximum Gasteiger partial charge on any atom is 0.266 e. The van der Waals surface area contributed by atoms with Crippen LogP contribution in [0.1, 0.15) is 34.7 Å². The van der Waals surface area contributed by atoms with Gasteiger partial charge in [0.15, 0.2) is 11.5 Å². The zero-order valence-corrected chi connectivity index (χ0v) is 19.4. The summed E-state index contributed by atoms with van der Waals surface area (Å²) in [4.78, 5) is 12.7. The average molecular weight is 441 g/mol. The maximum atomic E-state index is 12.7. The predicted molar refractivity (Wildman–Crippen MR) is 131 cm³/mol. The molecule has 5 nitrogen and oxygen atoms in total. The Balaban J connectivity index is 1.79. The highest BCUT2D eigenvalue weighted by atomic mass is 16.5. The highest BCUT2D eigenvalue weighted by Crippen LogP contribution is 2.30. The second kappa shape index (κ2) is 11.0. The summed E-state index contributed by atoms with van der Waals surface area (Å²) in [6.45, 7) is 8.68. The van der Waals surface area contributed by atoms with Crippen LogP contribution in [0.25, 0.3) is 6.08 Å². The molecule has 0 atom stereocenters. The van der Waals surface area contributed by atoms with Gasteiger partial charge < -0.3 is 14.8 Å². The molecule has 3 aromatic carbocycles. The van der Waals surface area contributed by atoms with Gasteiger partial charge in [-0.3, -0.25) is 4.79 Å². The van der Waals surface area contributed by atoms with Crippen LogP contribution in [-0.2, 0) is 11.4 Å². The Bertz CT molecular complexity index is 1200. The molecule has 5 heteroatoms. The van der Waals surface area contributed by atoms with Crippen molar-refractivity contribution in [2.24, 2.45) is 0 Å². The lowest BCUT2D eigenvalue weighted by Crippen LogP contribution is -2.14. The number of carbonyl (C=O) groups excluding carboxylic acids is 1. The second-order valence-electron chi connectivity index (χ2n) is 7.86. The van der Waals surface area contributed by atoms with Gasteiger partial charge in [-0.25, -0.2) is 0 Å². The van der Waals surface area contributed by atoms with Crippen LogP contribution in [0.15, 0.2) is 66.2 Å². The van der Waals surface area contributed by atoms with Gasteiger partial charge in [0.25, 0.3) is 5.91 Å². The van der Waals surface area contributed by atoms with E-state index < -0.39 is 5.91 Å². The molecule has 0 fully saturated rings. The molecule has 0 bridgehead atoms. The fraction of sp³-hybridized carbons (Fsp3) is 0.214. The van der Waals surface area contributed by atoms with E-state index in [0.717, 1.165) is 16.7 Å². The summed E-state index contributed by atoms with van der Waals surface area (Å²) in [5.41, 5.74) is 5.58. The number of benzene rings is 3. The Morgan fingerprint density at radius 3 is 2.36 bits per heavy atom.